The summed E-state index contributed by atoms with van der Waals surface area (Å²) in [5, 5.41) is 2.38. The molecule has 50 heavy (non-hydrogen) atoms. The SMILES string of the molecule is CC(C)(C)c1ccnc(-c2ccc3c4ccccc4n(-c4cc(-c5ccccc5)cc(-c5cc(C(C)(C)C)cc(C(C)(C)C)c5S)n4)c3c2)c1. The van der Waals surface area contributed by atoms with Crippen molar-refractivity contribution in [1.29, 1.82) is 0 Å². The summed E-state index contributed by atoms with van der Waals surface area (Å²) in [5.74, 6) is 0.868. The summed E-state index contributed by atoms with van der Waals surface area (Å²) in [6.07, 6.45) is 1.93. The molecule has 0 spiro atoms. The molecule has 252 valence electrons. The van der Waals surface area contributed by atoms with Crippen LogP contribution in [0.1, 0.15) is 79.0 Å². The number of hydrogen-bond donors (Lipinski definition) is 1. The van der Waals surface area contributed by atoms with E-state index in [9.17, 15) is 0 Å². The fourth-order valence-electron chi connectivity index (χ4n) is 6.83. The van der Waals surface area contributed by atoms with Gasteiger partial charge in [0.05, 0.1) is 22.4 Å². The van der Waals surface area contributed by atoms with Gasteiger partial charge in [0.25, 0.3) is 0 Å². The maximum absolute atomic E-state index is 5.53. The quantitative estimate of drug-likeness (QED) is 0.189. The maximum Gasteiger partial charge on any atom is 0.138 e. The summed E-state index contributed by atoms with van der Waals surface area (Å²) >= 11 is 5.24. The van der Waals surface area contributed by atoms with Crippen LogP contribution >= 0.6 is 12.6 Å². The first-order valence-electron chi connectivity index (χ1n) is 17.6. The van der Waals surface area contributed by atoms with Crippen molar-refractivity contribution in [2.75, 3.05) is 0 Å². The van der Waals surface area contributed by atoms with Crippen LogP contribution in [0.15, 0.2) is 120 Å². The highest BCUT2D eigenvalue weighted by atomic mass is 32.1. The van der Waals surface area contributed by atoms with Crippen molar-refractivity contribution in [3.63, 3.8) is 0 Å². The zero-order valence-corrected chi connectivity index (χ0v) is 31.7. The van der Waals surface area contributed by atoms with Crippen molar-refractivity contribution in [2.24, 2.45) is 0 Å². The van der Waals surface area contributed by atoms with Gasteiger partial charge in [-0.25, -0.2) is 4.98 Å². The van der Waals surface area contributed by atoms with Gasteiger partial charge in [-0.3, -0.25) is 9.55 Å². The largest absolute Gasteiger partial charge is 0.294 e. The Morgan fingerprint density at radius 3 is 1.90 bits per heavy atom. The molecule has 0 aliphatic heterocycles. The third-order valence-electron chi connectivity index (χ3n) is 9.80. The Balaban J connectivity index is 1.54. The fraction of sp³-hybridized carbons (Fsp3) is 0.261. The van der Waals surface area contributed by atoms with Gasteiger partial charge in [0.15, 0.2) is 0 Å². The summed E-state index contributed by atoms with van der Waals surface area (Å²) in [5.41, 5.74) is 12.1. The van der Waals surface area contributed by atoms with Crippen LogP contribution in [0, 0.1) is 0 Å². The lowest BCUT2D eigenvalue weighted by Crippen LogP contribution is -2.17. The van der Waals surface area contributed by atoms with Gasteiger partial charge < -0.3 is 0 Å². The molecule has 0 radical (unpaired) electrons. The number of hydrogen-bond acceptors (Lipinski definition) is 3. The third-order valence-corrected chi connectivity index (χ3v) is 10.3. The van der Waals surface area contributed by atoms with Crippen molar-refractivity contribution < 1.29 is 0 Å². The lowest BCUT2D eigenvalue weighted by atomic mass is 9.79. The monoisotopic (exact) mass is 673 g/mol. The van der Waals surface area contributed by atoms with E-state index >= 15 is 0 Å². The average Bonchev–Trinajstić information content (AvgIpc) is 3.41. The van der Waals surface area contributed by atoms with E-state index in [0.717, 1.165) is 55.4 Å². The average molecular weight is 674 g/mol. The third kappa shape index (κ3) is 6.26. The number of aromatic nitrogens is 3. The van der Waals surface area contributed by atoms with Crippen LogP contribution in [0.5, 0.6) is 0 Å². The van der Waals surface area contributed by atoms with E-state index in [0.29, 0.717) is 0 Å². The van der Waals surface area contributed by atoms with Crippen LogP contribution in [0.4, 0.5) is 0 Å². The number of pyridine rings is 2. The van der Waals surface area contributed by atoms with Crippen molar-refractivity contribution >= 4 is 34.4 Å². The minimum Gasteiger partial charge on any atom is -0.294 e. The minimum absolute atomic E-state index is 0.0257. The zero-order valence-electron chi connectivity index (χ0n) is 30.8. The Morgan fingerprint density at radius 2 is 1.20 bits per heavy atom. The molecular formula is C46H47N3S. The molecule has 0 unspecified atom stereocenters. The smallest absolute Gasteiger partial charge is 0.138 e. The Hall–Kier alpha value is -4.67. The van der Waals surface area contributed by atoms with Crippen molar-refractivity contribution in [3.05, 3.63) is 132 Å². The summed E-state index contributed by atoms with van der Waals surface area (Å²) < 4.78 is 2.33. The number of nitrogens with zero attached hydrogens (tertiary/aromatic N) is 3. The van der Waals surface area contributed by atoms with E-state index in [4.69, 9.17) is 22.6 Å². The molecule has 0 saturated heterocycles. The van der Waals surface area contributed by atoms with E-state index in [2.05, 4.69) is 176 Å². The van der Waals surface area contributed by atoms with Crippen LogP contribution in [-0.2, 0) is 16.2 Å². The predicted molar refractivity (Wildman–Crippen MR) is 216 cm³/mol. The second-order valence-corrected chi connectivity index (χ2v) is 17.1. The van der Waals surface area contributed by atoms with Crippen LogP contribution in [0.2, 0.25) is 0 Å². The molecule has 3 aromatic heterocycles. The molecule has 0 fully saturated rings. The van der Waals surface area contributed by atoms with Crippen LogP contribution in [-0.4, -0.2) is 14.5 Å². The molecule has 0 atom stereocenters. The van der Waals surface area contributed by atoms with Crippen molar-refractivity contribution in [3.8, 4) is 39.5 Å². The molecule has 0 N–H and O–H groups in total. The number of thiol groups is 1. The first kappa shape index (κ1) is 33.8. The topological polar surface area (TPSA) is 30.7 Å². The van der Waals surface area contributed by atoms with E-state index in [1.54, 1.807) is 0 Å². The van der Waals surface area contributed by atoms with E-state index in [1.807, 2.05) is 6.20 Å². The van der Waals surface area contributed by atoms with Crippen LogP contribution in [0.3, 0.4) is 0 Å². The van der Waals surface area contributed by atoms with Gasteiger partial charge in [-0.2, -0.15) is 0 Å². The molecule has 3 heterocycles. The minimum atomic E-state index is -0.0888. The van der Waals surface area contributed by atoms with Gasteiger partial charge >= 0.3 is 0 Å². The number of fused-ring (bicyclic) bond motifs is 3. The first-order chi connectivity index (χ1) is 23.6. The van der Waals surface area contributed by atoms with Crippen LogP contribution < -0.4 is 0 Å². The molecule has 4 aromatic carbocycles. The molecule has 0 bridgehead atoms. The Bertz CT molecular complexity index is 2380. The van der Waals surface area contributed by atoms with Crippen LogP contribution in [0.25, 0.3) is 61.3 Å². The van der Waals surface area contributed by atoms with E-state index < -0.39 is 0 Å². The molecule has 3 nitrogen and oxygen atoms in total. The lowest BCUT2D eigenvalue weighted by Gasteiger charge is -2.28. The fourth-order valence-corrected chi connectivity index (χ4v) is 7.41. The summed E-state index contributed by atoms with van der Waals surface area (Å²) in [6.45, 7) is 20.3. The Morgan fingerprint density at radius 1 is 0.520 bits per heavy atom. The molecule has 7 aromatic rings. The number of para-hydroxylation sites is 1. The molecular weight excluding hydrogens is 627 g/mol. The Labute approximate surface area is 302 Å². The van der Waals surface area contributed by atoms with Crippen molar-refractivity contribution in [2.45, 2.75) is 83.5 Å². The normalized spacial score (nSPS) is 12.6. The molecule has 4 heteroatoms. The predicted octanol–water partition coefficient (Wildman–Crippen LogP) is 12.8. The van der Waals surface area contributed by atoms with Gasteiger partial charge in [-0.05, 0) is 86.5 Å². The highest BCUT2D eigenvalue weighted by Crippen LogP contribution is 2.42. The highest BCUT2D eigenvalue weighted by molar-refractivity contribution is 7.80. The number of benzene rings is 4. The van der Waals surface area contributed by atoms with E-state index in [-0.39, 0.29) is 16.2 Å². The molecule has 0 aliphatic rings. The summed E-state index contributed by atoms with van der Waals surface area (Å²) in [6, 6.07) is 39.4. The van der Waals surface area contributed by atoms with Gasteiger partial charge in [-0.15, -0.1) is 12.6 Å². The van der Waals surface area contributed by atoms with Gasteiger partial charge in [-0.1, -0.05) is 129 Å². The van der Waals surface area contributed by atoms with Crippen molar-refractivity contribution in [1.82, 2.24) is 14.5 Å². The summed E-state index contributed by atoms with van der Waals surface area (Å²) in [7, 11) is 0. The summed E-state index contributed by atoms with van der Waals surface area (Å²) in [4.78, 5) is 11.3. The molecule has 0 aliphatic carbocycles. The maximum atomic E-state index is 5.53. The standard InChI is InChI=1S/C46H47N3S/c1-44(2,3)32-21-22-47-38(28-32)30-19-20-35-34-17-13-14-18-40(34)49(41(35)24-30)42-25-31(29-15-11-10-12-16-29)23-39(48-42)36-26-33(45(4,5)6)27-37(43(36)50)46(7,8)9/h10-28,50H,1-9H3. The highest BCUT2D eigenvalue weighted by Gasteiger charge is 2.26. The van der Waals surface area contributed by atoms with Gasteiger partial charge in [0.2, 0.25) is 0 Å². The number of rotatable bonds is 4. The molecule has 0 amide bonds. The second-order valence-electron chi connectivity index (χ2n) is 16.6. The molecule has 7 rings (SSSR count). The van der Waals surface area contributed by atoms with Gasteiger partial charge in [0, 0.05) is 33.0 Å². The first-order valence-corrected chi connectivity index (χ1v) is 18.0. The van der Waals surface area contributed by atoms with Gasteiger partial charge in [0.1, 0.15) is 5.82 Å². The zero-order chi connectivity index (χ0) is 35.6. The molecule has 0 saturated carbocycles. The Kier molecular flexibility index (Phi) is 8.30. The lowest BCUT2D eigenvalue weighted by molar-refractivity contribution is 0.560. The second kappa shape index (κ2) is 12.3. The van der Waals surface area contributed by atoms with E-state index in [1.165, 1.54) is 27.5 Å².